The van der Waals surface area contributed by atoms with Crippen molar-refractivity contribution >= 4 is 34.0 Å². The highest BCUT2D eigenvalue weighted by molar-refractivity contribution is 7.14. The molecule has 0 saturated carbocycles. The van der Waals surface area contributed by atoms with Crippen LogP contribution in [0.1, 0.15) is 27.2 Å². The van der Waals surface area contributed by atoms with E-state index < -0.39 is 0 Å². The Kier molecular flexibility index (Phi) is 6.32. The van der Waals surface area contributed by atoms with E-state index in [0.717, 1.165) is 13.1 Å². The maximum atomic E-state index is 12.8. The topological polar surface area (TPSA) is 65.5 Å². The van der Waals surface area contributed by atoms with Crippen molar-refractivity contribution in [3.63, 3.8) is 0 Å². The highest BCUT2D eigenvalue weighted by atomic mass is 32.1. The fourth-order valence-corrected chi connectivity index (χ4v) is 4.45. The highest BCUT2D eigenvalue weighted by Crippen LogP contribution is 2.24. The molecular formula is C24H26N4O2S. The third-order valence-corrected chi connectivity index (χ3v) is 6.50. The molecule has 1 fully saturated rings. The van der Waals surface area contributed by atoms with Gasteiger partial charge in [0.15, 0.2) is 5.13 Å². The van der Waals surface area contributed by atoms with Crippen molar-refractivity contribution in [1.82, 2.24) is 9.88 Å². The number of hydrogen-bond donors (Lipinski definition) is 1. The summed E-state index contributed by atoms with van der Waals surface area (Å²) >= 11 is 1.34. The fourth-order valence-electron chi connectivity index (χ4n) is 3.75. The first kappa shape index (κ1) is 21.1. The Balaban J connectivity index is 1.30. The predicted molar refractivity (Wildman–Crippen MR) is 125 cm³/mol. The Hall–Kier alpha value is -3.19. The van der Waals surface area contributed by atoms with E-state index in [2.05, 4.69) is 47.2 Å². The van der Waals surface area contributed by atoms with E-state index in [1.54, 1.807) is 12.1 Å². The molecule has 0 unspecified atom stereocenters. The fraction of sp³-hybridized carbons (Fsp3) is 0.292. The monoisotopic (exact) mass is 434 g/mol. The van der Waals surface area contributed by atoms with Gasteiger partial charge < -0.3 is 9.80 Å². The van der Waals surface area contributed by atoms with Gasteiger partial charge in [-0.3, -0.25) is 14.9 Å². The quantitative estimate of drug-likeness (QED) is 0.661. The molecule has 1 saturated heterocycles. The van der Waals surface area contributed by atoms with Crippen molar-refractivity contribution in [2.45, 2.75) is 20.3 Å². The largest absolute Gasteiger partial charge is 0.368 e. The first-order valence-corrected chi connectivity index (χ1v) is 11.3. The average Bonchev–Trinajstić information content (AvgIpc) is 3.23. The lowest BCUT2D eigenvalue weighted by atomic mass is 10.1. The number of aryl methyl sites for hydroxylation is 1. The number of carbonyl (C=O) groups is 2. The zero-order valence-corrected chi connectivity index (χ0v) is 18.6. The van der Waals surface area contributed by atoms with E-state index in [-0.39, 0.29) is 18.2 Å². The molecule has 1 aromatic heterocycles. The van der Waals surface area contributed by atoms with Crippen LogP contribution in [0.15, 0.2) is 53.9 Å². The number of nitrogens with zero attached hydrogens (tertiary/aromatic N) is 3. The van der Waals surface area contributed by atoms with Crippen LogP contribution in [0.25, 0.3) is 0 Å². The van der Waals surface area contributed by atoms with Gasteiger partial charge in [0.25, 0.3) is 5.91 Å². The number of thiazole rings is 1. The molecule has 0 spiro atoms. The van der Waals surface area contributed by atoms with Gasteiger partial charge in [0, 0.05) is 42.8 Å². The normalized spacial score (nSPS) is 13.9. The number of anilines is 2. The van der Waals surface area contributed by atoms with Gasteiger partial charge >= 0.3 is 0 Å². The molecule has 0 atom stereocenters. The van der Waals surface area contributed by atoms with E-state index >= 15 is 0 Å². The molecule has 6 nitrogen and oxygen atoms in total. The van der Waals surface area contributed by atoms with Crippen molar-refractivity contribution in [1.29, 1.82) is 0 Å². The van der Waals surface area contributed by atoms with Crippen LogP contribution in [0.4, 0.5) is 10.8 Å². The van der Waals surface area contributed by atoms with Gasteiger partial charge in [-0.05, 0) is 43.2 Å². The number of benzene rings is 2. The van der Waals surface area contributed by atoms with Crippen LogP contribution in [0, 0.1) is 13.8 Å². The Morgan fingerprint density at radius 2 is 1.74 bits per heavy atom. The summed E-state index contributed by atoms with van der Waals surface area (Å²) in [7, 11) is 0. The molecule has 2 heterocycles. The molecule has 7 heteroatoms. The lowest BCUT2D eigenvalue weighted by molar-refractivity contribution is -0.130. The number of carbonyl (C=O) groups excluding carboxylic acids is 2. The number of hydrogen-bond acceptors (Lipinski definition) is 5. The lowest BCUT2D eigenvalue weighted by Gasteiger charge is -2.37. The minimum absolute atomic E-state index is 0.0758. The van der Waals surface area contributed by atoms with Crippen molar-refractivity contribution in [2.24, 2.45) is 0 Å². The van der Waals surface area contributed by atoms with E-state index in [1.807, 2.05) is 28.5 Å². The van der Waals surface area contributed by atoms with Crippen molar-refractivity contribution in [3.05, 3.63) is 76.3 Å². The number of nitrogens with one attached hydrogen (secondary N) is 1. The van der Waals surface area contributed by atoms with Crippen molar-refractivity contribution < 1.29 is 9.59 Å². The van der Waals surface area contributed by atoms with Gasteiger partial charge in [0.1, 0.15) is 0 Å². The van der Waals surface area contributed by atoms with E-state index in [0.29, 0.717) is 29.5 Å². The zero-order chi connectivity index (χ0) is 21.8. The summed E-state index contributed by atoms with van der Waals surface area (Å²) in [6.07, 6.45) is 0.251. The number of piperazine rings is 1. The molecule has 0 aliphatic carbocycles. The van der Waals surface area contributed by atoms with Crippen LogP contribution in [0.3, 0.4) is 0 Å². The van der Waals surface area contributed by atoms with Crippen molar-refractivity contribution in [3.8, 4) is 0 Å². The molecular weight excluding hydrogens is 408 g/mol. The molecule has 4 rings (SSSR count). The Morgan fingerprint density at radius 3 is 2.48 bits per heavy atom. The van der Waals surface area contributed by atoms with Crippen molar-refractivity contribution in [2.75, 3.05) is 36.4 Å². The summed E-state index contributed by atoms with van der Waals surface area (Å²) in [6, 6.07) is 15.4. The summed E-state index contributed by atoms with van der Waals surface area (Å²) < 4.78 is 0. The lowest BCUT2D eigenvalue weighted by Crippen LogP contribution is -2.49. The van der Waals surface area contributed by atoms with Gasteiger partial charge in [-0.25, -0.2) is 4.98 Å². The Bertz CT molecular complexity index is 1070. The molecule has 0 bridgehead atoms. The van der Waals surface area contributed by atoms with Crippen LogP contribution >= 0.6 is 11.3 Å². The average molecular weight is 435 g/mol. The smallest absolute Gasteiger partial charge is 0.257 e. The predicted octanol–water partition coefficient (Wildman–Crippen LogP) is 3.90. The number of rotatable bonds is 5. The van der Waals surface area contributed by atoms with Gasteiger partial charge in [0.2, 0.25) is 5.91 Å². The van der Waals surface area contributed by atoms with Crippen LogP contribution in [0.2, 0.25) is 0 Å². The summed E-state index contributed by atoms with van der Waals surface area (Å²) in [6.45, 7) is 7.33. The number of amides is 2. The summed E-state index contributed by atoms with van der Waals surface area (Å²) in [5, 5.41) is 5.15. The molecule has 2 aromatic carbocycles. The summed E-state index contributed by atoms with van der Waals surface area (Å²) in [5.74, 6) is -0.123. The second kappa shape index (κ2) is 9.31. The van der Waals surface area contributed by atoms with Crippen LogP contribution in [0.5, 0.6) is 0 Å². The zero-order valence-electron chi connectivity index (χ0n) is 17.8. The molecule has 0 radical (unpaired) electrons. The first-order valence-electron chi connectivity index (χ1n) is 10.4. The van der Waals surface area contributed by atoms with Gasteiger partial charge in [0.05, 0.1) is 12.1 Å². The Labute approximate surface area is 186 Å². The number of aromatic nitrogens is 1. The van der Waals surface area contributed by atoms with Gasteiger partial charge in [-0.2, -0.15) is 0 Å². The summed E-state index contributed by atoms with van der Waals surface area (Å²) in [5.41, 5.74) is 5.11. The Morgan fingerprint density at radius 1 is 1.00 bits per heavy atom. The SMILES string of the molecule is Cc1cccc(N2CCN(C(=O)Cc3csc(NC(=O)c4ccccc4)n3)CC2)c1C. The molecule has 31 heavy (non-hydrogen) atoms. The minimum atomic E-state index is -0.199. The maximum Gasteiger partial charge on any atom is 0.257 e. The van der Waals surface area contributed by atoms with Gasteiger partial charge in [-0.15, -0.1) is 11.3 Å². The van der Waals surface area contributed by atoms with E-state index in [9.17, 15) is 9.59 Å². The second-order valence-corrected chi connectivity index (χ2v) is 8.59. The molecule has 2 amide bonds. The van der Waals surface area contributed by atoms with Crippen LogP contribution in [-0.4, -0.2) is 47.9 Å². The first-order chi connectivity index (χ1) is 15.0. The minimum Gasteiger partial charge on any atom is -0.368 e. The van der Waals surface area contributed by atoms with Crippen LogP contribution < -0.4 is 10.2 Å². The van der Waals surface area contributed by atoms with E-state index in [1.165, 1.54) is 28.2 Å². The molecule has 160 valence electrons. The molecule has 1 N–H and O–H groups in total. The standard InChI is InChI=1S/C24H26N4O2S/c1-17-7-6-10-21(18(17)2)27-11-13-28(14-12-27)22(29)15-20-16-31-24(25-20)26-23(30)19-8-4-3-5-9-19/h3-10,16H,11-15H2,1-2H3,(H,25,26,30). The van der Waals surface area contributed by atoms with Gasteiger partial charge in [-0.1, -0.05) is 30.3 Å². The summed E-state index contributed by atoms with van der Waals surface area (Å²) in [4.78, 5) is 33.7. The third-order valence-electron chi connectivity index (χ3n) is 5.69. The maximum absolute atomic E-state index is 12.8. The third kappa shape index (κ3) is 4.94. The van der Waals surface area contributed by atoms with E-state index in [4.69, 9.17) is 0 Å². The highest BCUT2D eigenvalue weighted by Gasteiger charge is 2.23. The molecule has 1 aliphatic rings. The molecule has 1 aliphatic heterocycles. The van der Waals surface area contributed by atoms with Crippen LogP contribution in [-0.2, 0) is 11.2 Å². The molecule has 3 aromatic rings. The second-order valence-electron chi connectivity index (χ2n) is 7.73.